The predicted octanol–water partition coefficient (Wildman–Crippen LogP) is 4.04. The molecule has 0 aromatic carbocycles. The van der Waals surface area contributed by atoms with Crippen LogP contribution < -0.4 is 0 Å². The molecule has 1 atom stereocenters. The zero-order valence-corrected chi connectivity index (χ0v) is 20.5. The molecule has 0 saturated carbocycles. The summed E-state index contributed by atoms with van der Waals surface area (Å²) in [7, 11) is 0. The Morgan fingerprint density at radius 1 is 1.18 bits per heavy atom. The van der Waals surface area contributed by atoms with Crippen molar-refractivity contribution < 1.29 is 19.1 Å². The van der Waals surface area contributed by atoms with E-state index in [4.69, 9.17) is 26.2 Å². The normalized spacial score (nSPS) is 19.7. The molecule has 180 valence electrons. The first-order chi connectivity index (χ1) is 15.7. The molecule has 2 fully saturated rings. The molecule has 0 radical (unpaired) electrons. The third-order valence-corrected chi connectivity index (χ3v) is 6.11. The molecular formula is C23H32ClN5O4. The number of aromatic nitrogens is 3. The first-order valence-electron chi connectivity index (χ1n) is 11.6. The summed E-state index contributed by atoms with van der Waals surface area (Å²) < 4.78 is 13.2. The van der Waals surface area contributed by atoms with Crippen LogP contribution in [0.25, 0.3) is 11.0 Å². The van der Waals surface area contributed by atoms with Gasteiger partial charge < -0.3 is 19.3 Å². The fourth-order valence-corrected chi connectivity index (χ4v) is 4.49. The van der Waals surface area contributed by atoms with Crippen molar-refractivity contribution in [2.75, 3.05) is 32.8 Å². The van der Waals surface area contributed by atoms with Crippen LogP contribution >= 0.6 is 11.6 Å². The first kappa shape index (κ1) is 23.8. The van der Waals surface area contributed by atoms with Crippen LogP contribution in [-0.4, -0.2) is 75.0 Å². The lowest BCUT2D eigenvalue weighted by molar-refractivity contribution is -0.0372. The predicted molar refractivity (Wildman–Crippen MR) is 124 cm³/mol. The average Bonchev–Trinajstić information content (AvgIpc) is 3.16. The van der Waals surface area contributed by atoms with Crippen molar-refractivity contribution in [2.45, 2.75) is 65.2 Å². The minimum Gasteiger partial charge on any atom is -0.444 e. The van der Waals surface area contributed by atoms with Crippen molar-refractivity contribution in [3.8, 4) is 0 Å². The monoisotopic (exact) mass is 477 g/mol. The number of fused-ring (bicyclic) bond motifs is 1. The largest absolute Gasteiger partial charge is 0.444 e. The van der Waals surface area contributed by atoms with Gasteiger partial charge in [-0.05, 0) is 52.5 Å². The summed E-state index contributed by atoms with van der Waals surface area (Å²) in [5.41, 5.74) is 1.33. The molecule has 2 aromatic heterocycles. The molecule has 4 heterocycles. The molecule has 2 aliphatic heterocycles. The third-order valence-electron chi connectivity index (χ3n) is 5.92. The van der Waals surface area contributed by atoms with Crippen LogP contribution in [0, 0.1) is 0 Å². The molecule has 2 aliphatic rings. The molecule has 9 nitrogen and oxygen atoms in total. The number of hydrogen-bond donors (Lipinski definition) is 0. The van der Waals surface area contributed by atoms with E-state index in [2.05, 4.69) is 4.98 Å². The Hall–Kier alpha value is -2.39. The SMILES string of the molecule is CCc1nn(C2CCCCO2)c2nc(Cl)cc(C(=O)N3CCN(C(=O)OC(C)(C)C)CC3)c12. The highest BCUT2D eigenvalue weighted by Gasteiger charge is 2.31. The third kappa shape index (κ3) is 5.09. The van der Waals surface area contributed by atoms with Crippen molar-refractivity contribution in [2.24, 2.45) is 0 Å². The van der Waals surface area contributed by atoms with Gasteiger partial charge in [-0.3, -0.25) is 4.79 Å². The van der Waals surface area contributed by atoms with E-state index in [1.807, 2.05) is 27.7 Å². The first-order valence-corrected chi connectivity index (χ1v) is 12.0. The van der Waals surface area contributed by atoms with Crippen LogP contribution in [0.1, 0.15) is 69.2 Å². The molecule has 2 saturated heterocycles. The average molecular weight is 478 g/mol. The lowest BCUT2D eigenvalue weighted by Crippen LogP contribution is -2.51. The van der Waals surface area contributed by atoms with Crippen LogP contribution in [0.4, 0.5) is 4.79 Å². The molecule has 1 unspecified atom stereocenters. The van der Waals surface area contributed by atoms with Gasteiger partial charge in [0.05, 0.1) is 16.6 Å². The summed E-state index contributed by atoms with van der Waals surface area (Å²) in [4.78, 5) is 33.8. The second-order valence-corrected chi connectivity index (χ2v) is 9.90. The molecular weight excluding hydrogens is 446 g/mol. The van der Waals surface area contributed by atoms with Gasteiger partial charge in [0.15, 0.2) is 11.9 Å². The quantitative estimate of drug-likeness (QED) is 0.620. The summed E-state index contributed by atoms with van der Waals surface area (Å²) in [5, 5.41) is 5.74. The van der Waals surface area contributed by atoms with Gasteiger partial charge >= 0.3 is 6.09 Å². The van der Waals surface area contributed by atoms with Crippen LogP contribution in [0.15, 0.2) is 6.07 Å². The van der Waals surface area contributed by atoms with E-state index in [9.17, 15) is 9.59 Å². The van der Waals surface area contributed by atoms with E-state index in [1.165, 1.54) is 0 Å². The van der Waals surface area contributed by atoms with Gasteiger partial charge in [-0.2, -0.15) is 5.10 Å². The van der Waals surface area contributed by atoms with Crippen LogP contribution in [0.5, 0.6) is 0 Å². The van der Waals surface area contributed by atoms with E-state index >= 15 is 0 Å². The number of ether oxygens (including phenoxy) is 2. The van der Waals surface area contributed by atoms with Crippen LogP contribution in [-0.2, 0) is 15.9 Å². The fourth-order valence-electron chi connectivity index (χ4n) is 4.30. The Bertz CT molecular complexity index is 1030. The maximum atomic E-state index is 13.6. The molecule has 33 heavy (non-hydrogen) atoms. The van der Waals surface area contributed by atoms with E-state index in [0.29, 0.717) is 50.4 Å². The van der Waals surface area contributed by atoms with Gasteiger partial charge in [0.2, 0.25) is 0 Å². The van der Waals surface area contributed by atoms with E-state index < -0.39 is 5.60 Å². The number of amides is 2. The van der Waals surface area contributed by atoms with Gasteiger partial charge in [-0.25, -0.2) is 14.5 Å². The van der Waals surface area contributed by atoms with Gasteiger partial charge in [-0.15, -0.1) is 0 Å². The Morgan fingerprint density at radius 3 is 2.48 bits per heavy atom. The minimum absolute atomic E-state index is 0.132. The molecule has 10 heteroatoms. The Labute approximate surface area is 199 Å². The minimum atomic E-state index is -0.553. The van der Waals surface area contributed by atoms with Crippen molar-refractivity contribution in [3.63, 3.8) is 0 Å². The Morgan fingerprint density at radius 2 is 1.88 bits per heavy atom. The molecule has 2 aromatic rings. The number of rotatable bonds is 3. The number of carbonyl (C=O) groups is 2. The smallest absolute Gasteiger partial charge is 0.410 e. The zero-order valence-electron chi connectivity index (χ0n) is 19.8. The molecule has 0 spiro atoms. The summed E-state index contributed by atoms with van der Waals surface area (Å²) in [6.07, 6.45) is 3.04. The molecule has 2 amide bonds. The number of piperazine rings is 1. The Balaban J connectivity index is 1.59. The number of carbonyl (C=O) groups excluding carboxylic acids is 2. The summed E-state index contributed by atoms with van der Waals surface area (Å²) in [6, 6.07) is 1.62. The van der Waals surface area contributed by atoms with Crippen molar-refractivity contribution >= 4 is 34.6 Å². The topological polar surface area (TPSA) is 89.8 Å². The van der Waals surface area contributed by atoms with Crippen molar-refractivity contribution in [1.29, 1.82) is 0 Å². The summed E-state index contributed by atoms with van der Waals surface area (Å²) in [5.74, 6) is -0.132. The summed E-state index contributed by atoms with van der Waals surface area (Å²) in [6.45, 7) is 9.88. The Kier molecular flexibility index (Phi) is 6.81. The maximum Gasteiger partial charge on any atom is 0.410 e. The van der Waals surface area contributed by atoms with Crippen LogP contribution in [0.3, 0.4) is 0 Å². The maximum absolute atomic E-state index is 13.6. The van der Waals surface area contributed by atoms with Gasteiger partial charge in [0.1, 0.15) is 10.8 Å². The number of halogens is 1. The van der Waals surface area contributed by atoms with Gasteiger partial charge in [0, 0.05) is 32.8 Å². The number of nitrogens with zero attached hydrogens (tertiary/aromatic N) is 5. The van der Waals surface area contributed by atoms with Crippen molar-refractivity contribution in [1.82, 2.24) is 24.6 Å². The summed E-state index contributed by atoms with van der Waals surface area (Å²) >= 11 is 6.36. The van der Waals surface area contributed by atoms with E-state index in [0.717, 1.165) is 30.3 Å². The van der Waals surface area contributed by atoms with E-state index in [1.54, 1.807) is 20.5 Å². The second-order valence-electron chi connectivity index (χ2n) is 9.52. The molecule has 0 bridgehead atoms. The van der Waals surface area contributed by atoms with Crippen LogP contribution in [0.2, 0.25) is 5.15 Å². The molecule has 0 aliphatic carbocycles. The highest BCUT2D eigenvalue weighted by atomic mass is 35.5. The second kappa shape index (κ2) is 9.46. The number of hydrogen-bond acceptors (Lipinski definition) is 6. The fraction of sp³-hybridized carbons (Fsp3) is 0.652. The van der Waals surface area contributed by atoms with Gasteiger partial charge in [-0.1, -0.05) is 18.5 Å². The molecule has 4 rings (SSSR count). The van der Waals surface area contributed by atoms with Crippen molar-refractivity contribution in [3.05, 3.63) is 22.5 Å². The number of aryl methyl sites for hydroxylation is 1. The highest BCUT2D eigenvalue weighted by Crippen LogP contribution is 2.31. The highest BCUT2D eigenvalue weighted by molar-refractivity contribution is 6.30. The van der Waals surface area contributed by atoms with E-state index in [-0.39, 0.29) is 23.4 Å². The zero-order chi connectivity index (χ0) is 23.8. The standard InChI is InChI=1S/C23H32ClN5O4/c1-5-16-19-15(14-17(24)25-20(19)29(26-16)18-8-6-7-13-32-18)21(30)27-9-11-28(12-10-27)22(31)33-23(2,3)4/h14,18H,5-13H2,1-4H3. The molecule has 0 N–H and O–H groups in total. The lowest BCUT2D eigenvalue weighted by Gasteiger charge is -2.35. The van der Waals surface area contributed by atoms with Gasteiger partial charge in [0.25, 0.3) is 5.91 Å². The number of pyridine rings is 1. The lowest BCUT2D eigenvalue weighted by atomic mass is 10.1.